The van der Waals surface area contributed by atoms with E-state index in [1.54, 1.807) is 18.2 Å². The summed E-state index contributed by atoms with van der Waals surface area (Å²) in [4.78, 5) is 11.7. The van der Waals surface area contributed by atoms with E-state index in [0.717, 1.165) is 0 Å². The van der Waals surface area contributed by atoms with Crippen LogP contribution in [0.3, 0.4) is 0 Å². The van der Waals surface area contributed by atoms with Gasteiger partial charge in [0.15, 0.2) is 0 Å². The summed E-state index contributed by atoms with van der Waals surface area (Å²) in [6.07, 6.45) is 0. The van der Waals surface area contributed by atoms with Gasteiger partial charge in [0.1, 0.15) is 5.75 Å². The minimum absolute atomic E-state index is 0.216. The second kappa shape index (κ2) is 5.42. The summed E-state index contributed by atoms with van der Waals surface area (Å²) in [5.74, 6) is 0.149. The minimum atomic E-state index is -0.279. The summed E-state index contributed by atoms with van der Waals surface area (Å²) in [6.45, 7) is 3.69. The number of methoxy groups -OCH3 is 1. The maximum Gasteiger partial charge on any atom is 0.255 e. The molecule has 16 heavy (non-hydrogen) atoms. The Kier molecular flexibility index (Phi) is 4.19. The van der Waals surface area contributed by atoms with Crippen LogP contribution in [0.1, 0.15) is 10.4 Å². The van der Waals surface area contributed by atoms with Gasteiger partial charge in [-0.05, 0) is 12.1 Å². The third-order valence-corrected chi connectivity index (χ3v) is 2.04. The second-order valence-electron chi connectivity index (χ2n) is 3.16. The summed E-state index contributed by atoms with van der Waals surface area (Å²) >= 11 is 5.55. The molecule has 86 valence electrons. The van der Waals surface area contributed by atoms with Crippen molar-refractivity contribution < 1.29 is 9.53 Å². The molecule has 0 aliphatic carbocycles. The Morgan fingerprint density at radius 3 is 2.88 bits per heavy atom. The van der Waals surface area contributed by atoms with Crippen molar-refractivity contribution in [3.8, 4) is 5.75 Å². The van der Waals surface area contributed by atoms with Gasteiger partial charge >= 0.3 is 0 Å². The van der Waals surface area contributed by atoms with Crippen LogP contribution < -0.4 is 15.8 Å². The molecule has 0 spiro atoms. The topological polar surface area (TPSA) is 64.4 Å². The number of carbonyl (C=O) groups is 1. The van der Waals surface area contributed by atoms with Crippen LogP contribution in [0.25, 0.3) is 0 Å². The van der Waals surface area contributed by atoms with Crippen molar-refractivity contribution in [3.63, 3.8) is 0 Å². The van der Waals surface area contributed by atoms with Gasteiger partial charge in [0, 0.05) is 16.8 Å². The van der Waals surface area contributed by atoms with Crippen molar-refractivity contribution in [2.24, 2.45) is 0 Å². The largest absolute Gasteiger partial charge is 0.496 e. The summed E-state index contributed by atoms with van der Waals surface area (Å²) in [7, 11) is 1.48. The molecule has 1 rings (SSSR count). The predicted octanol–water partition coefficient (Wildman–Crippen LogP) is 1.76. The summed E-state index contributed by atoms with van der Waals surface area (Å²) < 4.78 is 5.06. The van der Waals surface area contributed by atoms with E-state index in [1.807, 2.05) is 0 Å². The van der Waals surface area contributed by atoms with Crippen LogP contribution in [0, 0.1) is 0 Å². The summed E-state index contributed by atoms with van der Waals surface area (Å²) in [5.41, 5.74) is 6.53. The summed E-state index contributed by atoms with van der Waals surface area (Å²) in [6, 6.07) is 4.82. The number of anilines is 1. The molecular formula is C11H13ClN2O2. The molecular weight excluding hydrogens is 228 g/mol. The fourth-order valence-corrected chi connectivity index (χ4v) is 1.23. The Hall–Kier alpha value is -1.68. The first kappa shape index (κ1) is 12.4. The Morgan fingerprint density at radius 1 is 1.62 bits per heavy atom. The van der Waals surface area contributed by atoms with Crippen LogP contribution in [0.2, 0.25) is 0 Å². The maximum atomic E-state index is 11.7. The van der Waals surface area contributed by atoms with Crippen molar-refractivity contribution in [1.29, 1.82) is 0 Å². The van der Waals surface area contributed by atoms with Gasteiger partial charge in [-0.3, -0.25) is 4.79 Å². The van der Waals surface area contributed by atoms with Gasteiger partial charge in [0.25, 0.3) is 5.91 Å². The SMILES string of the molecule is C=C(Cl)CNC(=O)c1ccc(N)cc1OC. The molecule has 0 saturated carbocycles. The predicted molar refractivity (Wildman–Crippen MR) is 64.7 cm³/mol. The Labute approximate surface area is 99.0 Å². The number of nitrogens with one attached hydrogen (secondary N) is 1. The molecule has 5 heteroatoms. The molecule has 1 aromatic rings. The van der Waals surface area contributed by atoms with Crippen molar-refractivity contribution in [2.45, 2.75) is 0 Å². The molecule has 0 radical (unpaired) electrons. The minimum Gasteiger partial charge on any atom is -0.496 e. The van der Waals surface area contributed by atoms with Crippen LogP contribution >= 0.6 is 11.6 Å². The molecule has 0 fully saturated rings. The van der Waals surface area contributed by atoms with E-state index in [1.165, 1.54) is 7.11 Å². The Balaban J connectivity index is 2.86. The summed E-state index contributed by atoms with van der Waals surface area (Å²) in [5, 5.41) is 2.97. The van der Waals surface area contributed by atoms with E-state index in [-0.39, 0.29) is 12.5 Å². The van der Waals surface area contributed by atoms with Gasteiger partial charge in [0.05, 0.1) is 19.2 Å². The lowest BCUT2D eigenvalue weighted by Gasteiger charge is -2.09. The van der Waals surface area contributed by atoms with E-state index in [4.69, 9.17) is 22.1 Å². The molecule has 0 heterocycles. The zero-order chi connectivity index (χ0) is 12.1. The molecule has 0 saturated heterocycles. The third-order valence-electron chi connectivity index (χ3n) is 1.91. The van der Waals surface area contributed by atoms with Gasteiger partial charge in [-0.2, -0.15) is 0 Å². The van der Waals surface area contributed by atoms with Crippen molar-refractivity contribution >= 4 is 23.2 Å². The molecule has 0 aromatic heterocycles. The third kappa shape index (κ3) is 3.17. The number of amides is 1. The average molecular weight is 241 g/mol. The van der Waals surface area contributed by atoms with Crippen molar-refractivity contribution in [2.75, 3.05) is 19.4 Å². The van der Waals surface area contributed by atoms with Crippen molar-refractivity contribution in [3.05, 3.63) is 35.4 Å². The van der Waals surface area contributed by atoms with E-state index in [0.29, 0.717) is 22.0 Å². The van der Waals surface area contributed by atoms with Gasteiger partial charge in [0.2, 0.25) is 0 Å². The zero-order valence-corrected chi connectivity index (χ0v) is 9.67. The van der Waals surface area contributed by atoms with E-state index in [2.05, 4.69) is 11.9 Å². The molecule has 4 nitrogen and oxygen atoms in total. The number of benzene rings is 1. The Bertz CT molecular complexity index is 418. The number of ether oxygens (including phenoxy) is 1. The van der Waals surface area contributed by atoms with Crippen LogP contribution in [0.4, 0.5) is 5.69 Å². The highest BCUT2D eigenvalue weighted by atomic mass is 35.5. The quantitative estimate of drug-likeness (QED) is 0.789. The zero-order valence-electron chi connectivity index (χ0n) is 8.92. The first-order chi connectivity index (χ1) is 7.54. The lowest BCUT2D eigenvalue weighted by atomic mass is 10.1. The van der Waals surface area contributed by atoms with Crippen LogP contribution in [-0.4, -0.2) is 19.6 Å². The van der Waals surface area contributed by atoms with E-state index < -0.39 is 0 Å². The number of nitrogen functional groups attached to an aromatic ring is 1. The molecule has 0 aliphatic heterocycles. The van der Waals surface area contributed by atoms with E-state index in [9.17, 15) is 4.79 Å². The maximum absolute atomic E-state index is 11.7. The van der Waals surface area contributed by atoms with Crippen LogP contribution in [0.15, 0.2) is 29.8 Å². The smallest absolute Gasteiger partial charge is 0.255 e. The lowest BCUT2D eigenvalue weighted by molar-refractivity contribution is 0.0954. The molecule has 1 amide bonds. The molecule has 1 aromatic carbocycles. The molecule has 0 aliphatic rings. The number of hydrogen-bond donors (Lipinski definition) is 2. The molecule has 3 N–H and O–H groups in total. The monoisotopic (exact) mass is 240 g/mol. The number of carbonyl (C=O) groups excluding carboxylic acids is 1. The number of halogens is 1. The van der Waals surface area contributed by atoms with Gasteiger partial charge in [-0.25, -0.2) is 0 Å². The normalized spacial score (nSPS) is 9.62. The number of rotatable bonds is 4. The highest BCUT2D eigenvalue weighted by Gasteiger charge is 2.11. The fraction of sp³-hybridized carbons (Fsp3) is 0.182. The number of hydrogen-bond acceptors (Lipinski definition) is 3. The van der Waals surface area contributed by atoms with Gasteiger partial charge in [-0.1, -0.05) is 18.2 Å². The standard InChI is InChI=1S/C11H13ClN2O2/c1-7(12)6-14-11(15)9-4-3-8(13)5-10(9)16-2/h3-5H,1,6,13H2,2H3,(H,14,15). The molecule has 0 bridgehead atoms. The fourth-order valence-electron chi connectivity index (χ4n) is 1.17. The lowest BCUT2D eigenvalue weighted by Crippen LogP contribution is -2.24. The first-order valence-electron chi connectivity index (χ1n) is 4.59. The van der Waals surface area contributed by atoms with Crippen molar-refractivity contribution in [1.82, 2.24) is 5.32 Å². The molecule has 0 atom stereocenters. The average Bonchev–Trinajstić information content (AvgIpc) is 2.25. The molecule has 0 unspecified atom stereocenters. The first-order valence-corrected chi connectivity index (χ1v) is 4.97. The number of nitrogens with two attached hydrogens (primary N) is 1. The van der Waals surface area contributed by atoms with Gasteiger partial charge < -0.3 is 15.8 Å². The second-order valence-corrected chi connectivity index (χ2v) is 3.69. The Morgan fingerprint density at radius 2 is 2.31 bits per heavy atom. The highest BCUT2D eigenvalue weighted by molar-refractivity contribution is 6.29. The van der Waals surface area contributed by atoms with Crippen LogP contribution in [0.5, 0.6) is 5.75 Å². The van der Waals surface area contributed by atoms with Gasteiger partial charge in [-0.15, -0.1) is 0 Å². The highest BCUT2D eigenvalue weighted by Crippen LogP contribution is 2.21. The van der Waals surface area contributed by atoms with Crippen LogP contribution in [-0.2, 0) is 0 Å². The van der Waals surface area contributed by atoms with E-state index >= 15 is 0 Å².